The van der Waals surface area contributed by atoms with Crippen LogP contribution in [0.4, 0.5) is 0 Å². The molecule has 1 aromatic carbocycles. The number of nitrogens with one attached hydrogen (secondary N) is 1. The van der Waals surface area contributed by atoms with Crippen LogP contribution < -0.4 is 10.2 Å². The van der Waals surface area contributed by atoms with Gasteiger partial charge in [0.15, 0.2) is 0 Å². The lowest BCUT2D eigenvalue weighted by Crippen LogP contribution is -2.35. The summed E-state index contributed by atoms with van der Waals surface area (Å²) in [5.74, 6) is 0.411. The minimum atomic E-state index is -0.248. The number of hydroxylamine groups is 1. The Morgan fingerprint density at radius 1 is 1.30 bits per heavy atom. The third kappa shape index (κ3) is 4.51. The number of likely N-dealkylation sites (tertiary alicyclic amines) is 1. The molecule has 0 atom stereocenters. The predicted octanol–water partition coefficient (Wildman–Crippen LogP) is 1.84. The zero-order chi connectivity index (χ0) is 14.2. The summed E-state index contributed by atoms with van der Waals surface area (Å²) in [6, 6.07) is 6.99. The van der Waals surface area contributed by atoms with E-state index in [0.717, 1.165) is 19.6 Å². The Hall–Kier alpha value is -1.59. The van der Waals surface area contributed by atoms with Crippen LogP contribution in [0.5, 0.6) is 5.75 Å². The molecular formula is C15H22N2O3. The Morgan fingerprint density at radius 3 is 2.85 bits per heavy atom. The largest absolute Gasteiger partial charge is 0.497 e. The van der Waals surface area contributed by atoms with E-state index in [9.17, 15) is 4.79 Å². The number of piperidine rings is 1. The lowest BCUT2D eigenvalue weighted by Gasteiger charge is -2.25. The lowest BCUT2D eigenvalue weighted by molar-refractivity contribution is 0.0206. The molecule has 1 aromatic rings. The zero-order valence-corrected chi connectivity index (χ0v) is 11.9. The second-order valence-electron chi connectivity index (χ2n) is 4.91. The summed E-state index contributed by atoms with van der Waals surface area (Å²) in [6.45, 7) is 3.63. The number of ether oxygens (including phenoxy) is 1. The lowest BCUT2D eigenvalue weighted by atomic mass is 10.1. The fourth-order valence-corrected chi connectivity index (χ4v) is 2.30. The molecule has 110 valence electrons. The second kappa shape index (κ2) is 7.87. The Bertz CT molecular complexity index is 431. The van der Waals surface area contributed by atoms with E-state index in [0.29, 0.717) is 17.9 Å². The third-order valence-corrected chi connectivity index (χ3v) is 3.46. The number of carbonyl (C=O) groups excluding carboxylic acids is 1. The van der Waals surface area contributed by atoms with Gasteiger partial charge in [0, 0.05) is 12.1 Å². The molecule has 0 spiro atoms. The molecule has 1 amide bonds. The predicted molar refractivity (Wildman–Crippen MR) is 76.7 cm³/mol. The highest BCUT2D eigenvalue weighted by molar-refractivity contribution is 5.93. The molecular weight excluding hydrogens is 256 g/mol. The molecule has 1 heterocycles. The van der Waals surface area contributed by atoms with Gasteiger partial charge in [-0.15, -0.1) is 0 Å². The summed E-state index contributed by atoms with van der Waals surface area (Å²) < 4.78 is 5.08. The van der Waals surface area contributed by atoms with E-state index < -0.39 is 0 Å². The molecule has 1 N–H and O–H groups in total. The quantitative estimate of drug-likeness (QED) is 0.637. The summed E-state index contributed by atoms with van der Waals surface area (Å²) in [5.41, 5.74) is 3.00. The number of amides is 1. The first-order valence-electron chi connectivity index (χ1n) is 7.08. The van der Waals surface area contributed by atoms with Crippen molar-refractivity contribution in [1.29, 1.82) is 0 Å². The van der Waals surface area contributed by atoms with Crippen LogP contribution in [-0.2, 0) is 4.84 Å². The van der Waals surface area contributed by atoms with Gasteiger partial charge in [0.2, 0.25) is 0 Å². The zero-order valence-electron chi connectivity index (χ0n) is 11.9. The number of rotatable bonds is 6. The molecule has 0 unspecified atom stereocenters. The van der Waals surface area contributed by atoms with E-state index in [4.69, 9.17) is 9.57 Å². The maximum absolute atomic E-state index is 11.9. The molecule has 0 saturated carbocycles. The van der Waals surface area contributed by atoms with Crippen molar-refractivity contribution in [3.8, 4) is 5.75 Å². The highest BCUT2D eigenvalue weighted by atomic mass is 16.7. The van der Waals surface area contributed by atoms with Crippen LogP contribution in [-0.4, -0.2) is 44.2 Å². The first-order valence-corrected chi connectivity index (χ1v) is 7.08. The molecule has 0 bridgehead atoms. The summed E-state index contributed by atoms with van der Waals surface area (Å²) in [7, 11) is 1.58. The van der Waals surface area contributed by atoms with Gasteiger partial charge < -0.3 is 9.64 Å². The topological polar surface area (TPSA) is 50.8 Å². The maximum atomic E-state index is 11.9. The SMILES string of the molecule is COc1cccc(C(=O)NOCCN2CCCCC2)c1. The molecule has 0 aromatic heterocycles. The van der Waals surface area contributed by atoms with Crippen LogP contribution in [0.2, 0.25) is 0 Å². The Kier molecular flexibility index (Phi) is 5.83. The van der Waals surface area contributed by atoms with Crippen molar-refractivity contribution in [3.05, 3.63) is 29.8 Å². The molecule has 2 rings (SSSR count). The van der Waals surface area contributed by atoms with Crippen molar-refractivity contribution in [2.45, 2.75) is 19.3 Å². The van der Waals surface area contributed by atoms with Crippen molar-refractivity contribution >= 4 is 5.91 Å². The van der Waals surface area contributed by atoms with Gasteiger partial charge in [-0.1, -0.05) is 12.5 Å². The Morgan fingerprint density at radius 2 is 2.10 bits per heavy atom. The smallest absolute Gasteiger partial charge is 0.274 e. The van der Waals surface area contributed by atoms with E-state index >= 15 is 0 Å². The highest BCUT2D eigenvalue weighted by Gasteiger charge is 2.10. The fraction of sp³-hybridized carbons (Fsp3) is 0.533. The molecule has 1 aliphatic heterocycles. The fourth-order valence-electron chi connectivity index (χ4n) is 2.30. The van der Waals surface area contributed by atoms with Gasteiger partial charge in [-0.3, -0.25) is 9.63 Å². The molecule has 0 radical (unpaired) electrons. The summed E-state index contributed by atoms with van der Waals surface area (Å²) >= 11 is 0. The maximum Gasteiger partial charge on any atom is 0.274 e. The van der Waals surface area contributed by atoms with Gasteiger partial charge in [0.25, 0.3) is 5.91 Å². The van der Waals surface area contributed by atoms with Crippen molar-refractivity contribution in [2.75, 3.05) is 33.4 Å². The Balaban J connectivity index is 1.69. The number of methoxy groups -OCH3 is 1. The first-order chi connectivity index (χ1) is 9.79. The van der Waals surface area contributed by atoms with Gasteiger partial charge >= 0.3 is 0 Å². The average Bonchev–Trinajstić information content (AvgIpc) is 2.52. The van der Waals surface area contributed by atoms with Crippen molar-refractivity contribution < 1.29 is 14.4 Å². The number of benzene rings is 1. The molecule has 5 heteroatoms. The van der Waals surface area contributed by atoms with Crippen LogP contribution in [0, 0.1) is 0 Å². The monoisotopic (exact) mass is 278 g/mol. The van der Waals surface area contributed by atoms with E-state index in [1.165, 1.54) is 19.3 Å². The number of nitrogens with zero attached hydrogens (tertiary/aromatic N) is 1. The van der Waals surface area contributed by atoms with Gasteiger partial charge in [0.05, 0.1) is 13.7 Å². The van der Waals surface area contributed by atoms with E-state index in [-0.39, 0.29) is 5.91 Å². The van der Waals surface area contributed by atoms with E-state index in [1.807, 2.05) is 0 Å². The minimum absolute atomic E-state index is 0.248. The first kappa shape index (κ1) is 14.8. The number of carbonyl (C=O) groups is 1. The average molecular weight is 278 g/mol. The van der Waals surface area contributed by atoms with Gasteiger partial charge in [0.1, 0.15) is 5.75 Å². The Labute approximate surface area is 119 Å². The molecule has 20 heavy (non-hydrogen) atoms. The molecule has 1 saturated heterocycles. The van der Waals surface area contributed by atoms with Crippen LogP contribution >= 0.6 is 0 Å². The molecule has 5 nitrogen and oxygen atoms in total. The van der Waals surface area contributed by atoms with Crippen LogP contribution in [0.25, 0.3) is 0 Å². The van der Waals surface area contributed by atoms with Crippen molar-refractivity contribution in [2.24, 2.45) is 0 Å². The van der Waals surface area contributed by atoms with Gasteiger partial charge in [-0.25, -0.2) is 5.48 Å². The van der Waals surface area contributed by atoms with Crippen LogP contribution in [0.3, 0.4) is 0 Å². The van der Waals surface area contributed by atoms with Gasteiger partial charge in [-0.2, -0.15) is 0 Å². The standard InChI is InChI=1S/C15H22N2O3/c1-19-14-7-5-6-13(12-14)15(18)16-20-11-10-17-8-3-2-4-9-17/h5-7,12H,2-4,8-11H2,1H3,(H,16,18). The van der Waals surface area contributed by atoms with E-state index in [2.05, 4.69) is 10.4 Å². The highest BCUT2D eigenvalue weighted by Crippen LogP contribution is 2.12. The molecule has 1 aliphatic rings. The number of hydrogen-bond donors (Lipinski definition) is 1. The van der Waals surface area contributed by atoms with Crippen molar-refractivity contribution in [3.63, 3.8) is 0 Å². The van der Waals surface area contributed by atoms with E-state index in [1.54, 1.807) is 31.4 Å². The molecule has 1 fully saturated rings. The van der Waals surface area contributed by atoms with Crippen molar-refractivity contribution in [1.82, 2.24) is 10.4 Å². The summed E-state index contributed by atoms with van der Waals surface area (Å²) in [5, 5.41) is 0. The second-order valence-corrected chi connectivity index (χ2v) is 4.91. The number of hydrogen-bond acceptors (Lipinski definition) is 4. The minimum Gasteiger partial charge on any atom is -0.497 e. The van der Waals surface area contributed by atoms with Crippen LogP contribution in [0.1, 0.15) is 29.6 Å². The normalized spacial score (nSPS) is 15.8. The van der Waals surface area contributed by atoms with Gasteiger partial charge in [-0.05, 0) is 44.1 Å². The molecule has 0 aliphatic carbocycles. The summed E-state index contributed by atoms with van der Waals surface area (Å²) in [4.78, 5) is 19.5. The third-order valence-electron chi connectivity index (χ3n) is 3.46. The summed E-state index contributed by atoms with van der Waals surface area (Å²) in [6.07, 6.45) is 3.84. The van der Waals surface area contributed by atoms with Crippen LogP contribution in [0.15, 0.2) is 24.3 Å².